The molecular formula is C29H43N5O4. The lowest BCUT2D eigenvalue weighted by atomic mass is 9.81. The van der Waals surface area contributed by atoms with E-state index in [1.54, 1.807) is 30.5 Å². The van der Waals surface area contributed by atoms with Gasteiger partial charge >= 0.3 is 5.97 Å². The summed E-state index contributed by atoms with van der Waals surface area (Å²) in [7, 11) is 1.29. The maximum Gasteiger partial charge on any atom is 0.353 e. The number of rotatable bonds is 19. The number of unbranched alkanes of at least 4 members (excludes halogenated alkanes) is 9. The summed E-state index contributed by atoms with van der Waals surface area (Å²) in [5, 5.41) is 9.05. The first-order valence-electron chi connectivity index (χ1n) is 13.9. The summed E-state index contributed by atoms with van der Waals surface area (Å²) in [6, 6.07) is 7.01. The van der Waals surface area contributed by atoms with E-state index in [1.807, 2.05) is 0 Å². The molecule has 2 atom stereocenters. The van der Waals surface area contributed by atoms with Crippen molar-refractivity contribution in [2.45, 2.75) is 77.0 Å². The van der Waals surface area contributed by atoms with Crippen LogP contribution in [0.2, 0.25) is 0 Å². The number of hydrogen-bond donors (Lipinski definition) is 2. The molecule has 0 spiro atoms. The minimum absolute atomic E-state index is 0.0109. The number of carbonyl (C=O) groups excluding carboxylic acids is 3. The van der Waals surface area contributed by atoms with E-state index in [0.717, 1.165) is 57.8 Å². The van der Waals surface area contributed by atoms with Crippen molar-refractivity contribution in [2.75, 3.05) is 26.7 Å². The standard InChI is InChI=1S/C29H43N5O4/c1-38-29(37)26(33-21-32)23(22(20-31)17-18-30)14-10-8-6-4-2-3-5-7-9-13-19-34-27(35)24-15-11-12-16-25(24)28(34)36/h11-12,15-16,22-23H,2-10,13-14,17-20,30-31H2,1H3. The number of benzene rings is 1. The Morgan fingerprint density at radius 3 is 1.92 bits per heavy atom. The number of aliphatic imine (C=N–C) groups is 1. The van der Waals surface area contributed by atoms with E-state index in [-0.39, 0.29) is 29.4 Å². The van der Waals surface area contributed by atoms with Gasteiger partial charge in [-0.1, -0.05) is 69.9 Å². The van der Waals surface area contributed by atoms with E-state index in [9.17, 15) is 14.4 Å². The number of imide groups is 1. The molecule has 1 aliphatic rings. The third kappa shape index (κ3) is 9.03. The topological polar surface area (TPSA) is 152 Å². The highest BCUT2D eigenvalue weighted by molar-refractivity contribution is 6.37. The molecule has 208 valence electrons. The van der Waals surface area contributed by atoms with Crippen LogP contribution >= 0.6 is 0 Å². The summed E-state index contributed by atoms with van der Waals surface area (Å²) in [4.78, 5) is 42.1. The molecule has 2 unspecified atom stereocenters. The van der Waals surface area contributed by atoms with Gasteiger partial charge in [0.1, 0.15) is 5.71 Å². The van der Waals surface area contributed by atoms with Crippen LogP contribution in [0, 0.1) is 23.3 Å². The zero-order valence-electron chi connectivity index (χ0n) is 22.7. The third-order valence-electron chi connectivity index (χ3n) is 7.35. The number of fused-ring (bicyclic) bond motifs is 1. The van der Waals surface area contributed by atoms with Crippen LogP contribution in [0.4, 0.5) is 0 Å². The molecule has 0 bridgehead atoms. The van der Waals surface area contributed by atoms with E-state index >= 15 is 0 Å². The molecule has 4 N–H and O–H groups in total. The van der Waals surface area contributed by atoms with Gasteiger partial charge in [-0.2, -0.15) is 10.3 Å². The van der Waals surface area contributed by atoms with Gasteiger partial charge in [-0.25, -0.2) is 4.79 Å². The smallest absolute Gasteiger partial charge is 0.353 e. The van der Waals surface area contributed by atoms with Gasteiger partial charge in [0.15, 0.2) is 0 Å². The molecule has 1 aliphatic heterocycles. The Bertz CT molecular complexity index is 952. The fraction of sp³-hybridized carbons (Fsp3) is 0.621. The molecule has 2 rings (SSSR count). The van der Waals surface area contributed by atoms with E-state index in [0.29, 0.717) is 37.2 Å². The van der Waals surface area contributed by atoms with Crippen LogP contribution in [0.25, 0.3) is 0 Å². The first-order valence-corrected chi connectivity index (χ1v) is 13.9. The third-order valence-corrected chi connectivity index (χ3v) is 7.35. The number of methoxy groups -OCH3 is 1. The summed E-state index contributed by atoms with van der Waals surface area (Å²) in [6.07, 6.45) is 13.8. The molecule has 1 aromatic carbocycles. The van der Waals surface area contributed by atoms with Gasteiger partial charge in [-0.3, -0.25) is 14.5 Å². The molecule has 0 saturated carbocycles. The zero-order valence-corrected chi connectivity index (χ0v) is 22.7. The number of esters is 1. The van der Waals surface area contributed by atoms with Gasteiger partial charge in [0.25, 0.3) is 11.8 Å². The van der Waals surface area contributed by atoms with Gasteiger partial charge in [-0.15, -0.1) is 0 Å². The van der Waals surface area contributed by atoms with Crippen molar-refractivity contribution >= 4 is 23.5 Å². The van der Waals surface area contributed by atoms with Gasteiger partial charge in [0, 0.05) is 12.5 Å². The average Bonchev–Trinajstić information content (AvgIpc) is 3.18. The second kappa shape index (κ2) is 17.4. The summed E-state index contributed by atoms with van der Waals surface area (Å²) >= 11 is 0. The second-order valence-corrected chi connectivity index (χ2v) is 9.90. The number of ether oxygens (including phenoxy) is 1. The summed E-state index contributed by atoms with van der Waals surface area (Å²) in [5.41, 5.74) is 12.9. The molecule has 9 nitrogen and oxygen atoms in total. The Morgan fingerprint density at radius 1 is 0.921 bits per heavy atom. The van der Waals surface area contributed by atoms with Crippen molar-refractivity contribution < 1.29 is 19.1 Å². The maximum absolute atomic E-state index is 12.4. The van der Waals surface area contributed by atoms with Gasteiger partial charge < -0.3 is 16.2 Å². The number of hydrogen-bond acceptors (Lipinski definition) is 8. The van der Waals surface area contributed by atoms with Crippen molar-refractivity contribution in [3.8, 4) is 6.19 Å². The number of nitrogens with zero attached hydrogens (tertiary/aromatic N) is 3. The lowest BCUT2D eigenvalue weighted by molar-refractivity contribution is -0.133. The van der Waals surface area contributed by atoms with Gasteiger partial charge in [0.05, 0.1) is 18.2 Å². The fourth-order valence-electron chi connectivity index (χ4n) is 5.22. The molecular weight excluding hydrogens is 482 g/mol. The molecule has 1 aromatic rings. The quantitative estimate of drug-likeness (QED) is 0.0902. The highest BCUT2D eigenvalue weighted by Crippen LogP contribution is 2.25. The SMILES string of the molecule is COC(=O)C(=NC#N)C(CCCCCCCCCCCCN1C(=O)c2ccccc2C1=O)C(CN)CCN. The molecule has 0 aromatic heterocycles. The molecule has 1 heterocycles. The predicted octanol–water partition coefficient (Wildman–Crippen LogP) is 4.21. The van der Waals surface area contributed by atoms with Crippen LogP contribution in [-0.2, 0) is 9.53 Å². The number of nitriles is 1. The lowest BCUT2D eigenvalue weighted by Gasteiger charge is -2.25. The second-order valence-electron chi connectivity index (χ2n) is 9.90. The highest BCUT2D eigenvalue weighted by Gasteiger charge is 2.34. The zero-order chi connectivity index (χ0) is 27.8. The van der Waals surface area contributed by atoms with Crippen molar-refractivity contribution in [1.29, 1.82) is 5.26 Å². The van der Waals surface area contributed by atoms with Crippen LogP contribution in [0.15, 0.2) is 29.3 Å². The van der Waals surface area contributed by atoms with Crippen molar-refractivity contribution in [3.63, 3.8) is 0 Å². The Labute approximate surface area is 226 Å². The Hall–Kier alpha value is -3.09. The first kappa shape index (κ1) is 31.1. The van der Waals surface area contributed by atoms with Crippen LogP contribution in [0.5, 0.6) is 0 Å². The molecule has 0 fully saturated rings. The molecule has 38 heavy (non-hydrogen) atoms. The van der Waals surface area contributed by atoms with Crippen LogP contribution in [0.1, 0.15) is 97.8 Å². The minimum atomic E-state index is -0.573. The number of carbonyl (C=O) groups is 3. The molecule has 2 amide bonds. The van der Waals surface area contributed by atoms with E-state index < -0.39 is 5.97 Å². The maximum atomic E-state index is 12.4. The fourth-order valence-corrected chi connectivity index (χ4v) is 5.22. The van der Waals surface area contributed by atoms with Crippen LogP contribution in [-0.4, -0.2) is 55.1 Å². The van der Waals surface area contributed by atoms with Crippen molar-refractivity contribution in [1.82, 2.24) is 4.90 Å². The molecule has 0 saturated heterocycles. The van der Waals surface area contributed by atoms with Crippen LogP contribution in [0.3, 0.4) is 0 Å². The lowest BCUT2D eigenvalue weighted by Crippen LogP contribution is -2.35. The summed E-state index contributed by atoms with van der Waals surface area (Å²) in [6.45, 7) is 1.32. The van der Waals surface area contributed by atoms with Crippen molar-refractivity contribution in [3.05, 3.63) is 35.4 Å². The largest absolute Gasteiger partial charge is 0.465 e. The molecule has 9 heteroatoms. The van der Waals surface area contributed by atoms with Crippen molar-refractivity contribution in [2.24, 2.45) is 28.3 Å². The first-order chi connectivity index (χ1) is 18.5. The normalized spacial score (nSPS) is 14.8. The Balaban J connectivity index is 1.59. The Kier molecular flexibility index (Phi) is 14.3. The monoisotopic (exact) mass is 525 g/mol. The van der Waals surface area contributed by atoms with E-state index in [4.69, 9.17) is 21.5 Å². The highest BCUT2D eigenvalue weighted by atomic mass is 16.5. The Morgan fingerprint density at radius 2 is 1.45 bits per heavy atom. The molecule has 0 radical (unpaired) electrons. The predicted molar refractivity (Wildman–Crippen MR) is 147 cm³/mol. The summed E-state index contributed by atoms with van der Waals surface area (Å²) in [5.74, 6) is -1.16. The van der Waals surface area contributed by atoms with Gasteiger partial charge in [-0.05, 0) is 50.4 Å². The van der Waals surface area contributed by atoms with Crippen LogP contribution < -0.4 is 11.5 Å². The summed E-state index contributed by atoms with van der Waals surface area (Å²) < 4.78 is 4.85. The number of nitrogens with two attached hydrogens (primary N) is 2. The van der Waals surface area contributed by atoms with Gasteiger partial charge in [0.2, 0.25) is 6.19 Å². The molecule has 0 aliphatic carbocycles. The average molecular weight is 526 g/mol. The van der Waals surface area contributed by atoms with E-state index in [2.05, 4.69) is 4.99 Å². The minimum Gasteiger partial charge on any atom is -0.465 e. The number of amides is 2. The van der Waals surface area contributed by atoms with E-state index in [1.165, 1.54) is 24.9 Å².